The highest BCUT2D eigenvalue weighted by atomic mass is 35.5. The third kappa shape index (κ3) is 4.25. The molecule has 0 saturated carbocycles. The number of halogens is 1. The molecule has 1 N–H and O–H groups in total. The summed E-state index contributed by atoms with van der Waals surface area (Å²) >= 11 is 5.92. The molecule has 26 heavy (non-hydrogen) atoms. The molecule has 4 nitrogen and oxygen atoms in total. The number of carbonyl (C=O) groups is 2. The fourth-order valence-electron chi connectivity index (χ4n) is 3.47. The topological polar surface area (TPSA) is 57.6 Å². The van der Waals surface area contributed by atoms with Gasteiger partial charge in [0.1, 0.15) is 0 Å². The highest BCUT2D eigenvalue weighted by molar-refractivity contribution is 6.30. The summed E-state index contributed by atoms with van der Waals surface area (Å²) in [5, 5.41) is 10.2. The number of carbonyl (C=O) groups excluding carboxylic acids is 1. The minimum Gasteiger partial charge on any atom is -0.481 e. The fourth-order valence-corrected chi connectivity index (χ4v) is 3.60. The molecule has 0 radical (unpaired) electrons. The molecule has 136 valence electrons. The number of aliphatic carboxylic acids is 1. The van der Waals surface area contributed by atoms with Crippen LogP contribution in [0.1, 0.15) is 29.0 Å². The largest absolute Gasteiger partial charge is 0.481 e. The highest BCUT2D eigenvalue weighted by Crippen LogP contribution is 2.34. The van der Waals surface area contributed by atoms with E-state index < -0.39 is 11.9 Å². The van der Waals surface area contributed by atoms with E-state index in [1.165, 1.54) is 5.56 Å². The number of rotatable bonds is 5. The molecule has 2 aromatic carbocycles. The van der Waals surface area contributed by atoms with Crippen molar-refractivity contribution in [1.29, 1.82) is 0 Å². The predicted octanol–water partition coefficient (Wildman–Crippen LogP) is 3.91. The van der Waals surface area contributed by atoms with Crippen molar-refractivity contribution in [1.82, 2.24) is 4.90 Å². The lowest BCUT2D eigenvalue weighted by molar-refractivity contribution is -0.141. The van der Waals surface area contributed by atoms with E-state index in [1.54, 1.807) is 17.0 Å². The highest BCUT2D eigenvalue weighted by Gasteiger charge is 2.40. The van der Waals surface area contributed by atoms with Crippen molar-refractivity contribution in [3.63, 3.8) is 0 Å². The van der Waals surface area contributed by atoms with Crippen LogP contribution in [0.4, 0.5) is 0 Å². The Morgan fingerprint density at radius 1 is 1.08 bits per heavy atom. The van der Waals surface area contributed by atoms with Crippen molar-refractivity contribution < 1.29 is 14.7 Å². The molecule has 5 heteroatoms. The second-order valence-electron chi connectivity index (χ2n) is 6.89. The standard InChI is InChI=1S/C21H22ClNO3/c1-14-2-4-15(5-3-14)6-11-20(24)23-12-18(19(13-23)21(25)26)16-7-9-17(22)10-8-16/h2-5,7-10,18-19H,6,11-13H2,1H3,(H,25,26)/t18-,19+/m0/s1. The minimum absolute atomic E-state index is 0.00767. The van der Waals surface area contributed by atoms with Gasteiger partial charge in [-0.25, -0.2) is 0 Å². The van der Waals surface area contributed by atoms with Crippen LogP contribution in [0.5, 0.6) is 0 Å². The van der Waals surface area contributed by atoms with E-state index in [9.17, 15) is 14.7 Å². The summed E-state index contributed by atoms with van der Waals surface area (Å²) in [6.07, 6.45) is 1.06. The van der Waals surface area contributed by atoms with E-state index in [-0.39, 0.29) is 18.4 Å². The van der Waals surface area contributed by atoms with Gasteiger partial charge in [-0.2, -0.15) is 0 Å². The van der Waals surface area contributed by atoms with Gasteiger partial charge >= 0.3 is 5.97 Å². The Kier molecular flexibility index (Phi) is 5.62. The number of likely N-dealkylation sites (tertiary alicyclic amines) is 1. The summed E-state index contributed by atoms with van der Waals surface area (Å²) in [6.45, 7) is 2.72. The summed E-state index contributed by atoms with van der Waals surface area (Å²) < 4.78 is 0. The van der Waals surface area contributed by atoms with Gasteiger partial charge in [-0.1, -0.05) is 53.6 Å². The van der Waals surface area contributed by atoms with E-state index in [1.807, 2.05) is 43.3 Å². The number of hydrogen-bond acceptors (Lipinski definition) is 2. The average molecular weight is 372 g/mol. The van der Waals surface area contributed by atoms with Crippen LogP contribution in [0, 0.1) is 12.8 Å². The van der Waals surface area contributed by atoms with Crippen molar-refractivity contribution in [2.45, 2.75) is 25.7 Å². The van der Waals surface area contributed by atoms with Crippen LogP contribution in [-0.2, 0) is 16.0 Å². The number of carboxylic acids is 1. The molecule has 1 heterocycles. The summed E-state index contributed by atoms with van der Waals surface area (Å²) in [5.74, 6) is -1.64. The molecule has 1 aliphatic heterocycles. The molecular weight excluding hydrogens is 350 g/mol. The normalized spacial score (nSPS) is 19.5. The van der Waals surface area contributed by atoms with Gasteiger partial charge in [-0.3, -0.25) is 9.59 Å². The molecule has 1 fully saturated rings. The van der Waals surface area contributed by atoms with E-state index in [0.29, 0.717) is 24.4 Å². The van der Waals surface area contributed by atoms with Crippen LogP contribution >= 0.6 is 11.6 Å². The van der Waals surface area contributed by atoms with Crippen molar-refractivity contribution >= 4 is 23.5 Å². The maximum atomic E-state index is 12.6. The second kappa shape index (κ2) is 7.92. The molecule has 0 unspecified atom stereocenters. The lowest BCUT2D eigenvalue weighted by Crippen LogP contribution is -2.30. The number of amides is 1. The van der Waals surface area contributed by atoms with Crippen LogP contribution in [0.3, 0.4) is 0 Å². The number of aryl methyl sites for hydroxylation is 2. The molecule has 3 rings (SSSR count). The van der Waals surface area contributed by atoms with Crippen molar-refractivity contribution in [2.24, 2.45) is 5.92 Å². The van der Waals surface area contributed by atoms with Crippen LogP contribution in [0.25, 0.3) is 0 Å². The molecule has 0 aliphatic carbocycles. The first-order valence-corrected chi connectivity index (χ1v) is 9.13. The summed E-state index contributed by atoms with van der Waals surface area (Å²) in [5.41, 5.74) is 3.22. The summed E-state index contributed by atoms with van der Waals surface area (Å²) in [6, 6.07) is 15.4. The zero-order valence-electron chi connectivity index (χ0n) is 14.7. The molecule has 0 aromatic heterocycles. The lowest BCUT2D eigenvalue weighted by Gasteiger charge is -2.16. The van der Waals surface area contributed by atoms with E-state index >= 15 is 0 Å². The lowest BCUT2D eigenvalue weighted by atomic mass is 9.89. The van der Waals surface area contributed by atoms with Crippen molar-refractivity contribution in [3.05, 3.63) is 70.2 Å². The van der Waals surface area contributed by atoms with Gasteiger partial charge in [0.2, 0.25) is 5.91 Å². The first kappa shape index (κ1) is 18.5. The van der Waals surface area contributed by atoms with E-state index in [4.69, 9.17) is 11.6 Å². The molecule has 2 aromatic rings. The first-order chi connectivity index (χ1) is 12.4. The van der Waals surface area contributed by atoms with E-state index in [2.05, 4.69) is 0 Å². The smallest absolute Gasteiger partial charge is 0.308 e. The molecule has 1 saturated heterocycles. The van der Waals surface area contributed by atoms with Crippen LogP contribution in [0.2, 0.25) is 5.02 Å². The zero-order valence-corrected chi connectivity index (χ0v) is 15.4. The van der Waals surface area contributed by atoms with Gasteiger partial charge in [0, 0.05) is 30.5 Å². The zero-order chi connectivity index (χ0) is 18.7. The number of hydrogen-bond donors (Lipinski definition) is 1. The molecule has 2 atom stereocenters. The third-order valence-corrected chi connectivity index (χ3v) is 5.29. The van der Waals surface area contributed by atoms with Gasteiger partial charge in [0.25, 0.3) is 0 Å². The summed E-state index contributed by atoms with van der Waals surface area (Å²) in [7, 11) is 0. The van der Waals surface area contributed by atoms with Gasteiger partial charge in [0.05, 0.1) is 5.92 Å². The summed E-state index contributed by atoms with van der Waals surface area (Å²) in [4.78, 5) is 26.0. The Hall–Kier alpha value is -2.33. The molecule has 1 aliphatic rings. The Morgan fingerprint density at radius 2 is 1.73 bits per heavy atom. The quantitative estimate of drug-likeness (QED) is 0.866. The van der Waals surface area contributed by atoms with Gasteiger partial charge in [0.15, 0.2) is 0 Å². The average Bonchev–Trinajstić information content (AvgIpc) is 3.07. The number of nitrogens with zero attached hydrogens (tertiary/aromatic N) is 1. The Morgan fingerprint density at radius 3 is 2.35 bits per heavy atom. The maximum Gasteiger partial charge on any atom is 0.308 e. The van der Waals surface area contributed by atoms with Crippen molar-refractivity contribution in [3.8, 4) is 0 Å². The van der Waals surface area contributed by atoms with Crippen LogP contribution < -0.4 is 0 Å². The minimum atomic E-state index is -0.862. The first-order valence-electron chi connectivity index (χ1n) is 8.75. The maximum absolute atomic E-state index is 12.6. The van der Waals surface area contributed by atoms with Crippen LogP contribution in [-0.4, -0.2) is 35.0 Å². The van der Waals surface area contributed by atoms with Gasteiger partial charge < -0.3 is 10.0 Å². The third-order valence-electron chi connectivity index (χ3n) is 5.04. The Labute approximate surface area is 158 Å². The molecule has 0 spiro atoms. The monoisotopic (exact) mass is 371 g/mol. The fraction of sp³-hybridized carbons (Fsp3) is 0.333. The SMILES string of the molecule is Cc1ccc(CCC(=O)N2C[C@@H](C(=O)O)[C@H](c3ccc(Cl)cc3)C2)cc1. The van der Waals surface area contributed by atoms with Gasteiger partial charge in [-0.05, 0) is 36.6 Å². The van der Waals surface area contributed by atoms with E-state index in [0.717, 1.165) is 11.1 Å². The van der Waals surface area contributed by atoms with Gasteiger partial charge in [-0.15, -0.1) is 0 Å². The Balaban J connectivity index is 1.66. The number of carboxylic acid groups (broad SMARTS) is 1. The molecule has 1 amide bonds. The number of benzene rings is 2. The second-order valence-corrected chi connectivity index (χ2v) is 7.32. The Bertz CT molecular complexity index is 786. The predicted molar refractivity (Wildman–Crippen MR) is 101 cm³/mol. The van der Waals surface area contributed by atoms with Crippen LogP contribution in [0.15, 0.2) is 48.5 Å². The molecular formula is C21H22ClNO3. The van der Waals surface area contributed by atoms with Crippen molar-refractivity contribution in [2.75, 3.05) is 13.1 Å². The molecule has 0 bridgehead atoms.